The Labute approximate surface area is 155 Å². The third-order valence-electron chi connectivity index (χ3n) is 4.30. The second-order valence-corrected chi connectivity index (χ2v) is 7.44. The van der Waals surface area contributed by atoms with Gasteiger partial charge in [-0.15, -0.1) is 10.2 Å². The highest BCUT2D eigenvalue weighted by atomic mass is 32.2. The zero-order valence-corrected chi connectivity index (χ0v) is 15.3. The summed E-state index contributed by atoms with van der Waals surface area (Å²) >= 11 is 1.41. The average Bonchev–Trinajstić information content (AvgIpc) is 3.07. The number of aromatic nitrogens is 3. The fourth-order valence-electron chi connectivity index (χ4n) is 2.85. The van der Waals surface area contributed by atoms with E-state index in [1.54, 1.807) is 0 Å². The minimum atomic E-state index is -0.305. The van der Waals surface area contributed by atoms with Crippen LogP contribution in [0, 0.1) is 6.92 Å². The highest BCUT2D eigenvalue weighted by Gasteiger charge is 2.19. The van der Waals surface area contributed by atoms with E-state index in [0.29, 0.717) is 5.16 Å². The molecule has 0 aliphatic heterocycles. The number of rotatable bonds is 4. The van der Waals surface area contributed by atoms with Crippen LogP contribution in [-0.2, 0) is 4.79 Å². The number of benzene rings is 2. The van der Waals surface area contributed by atoms with E-state index in [1.165, 1.54) is 11.8 Å². The quantitative estimate of drug-likeness (QED) is 0.550. The van der Waals surface area contributed by atoms with Crippen molar-refractivity contribution in [3.63, 3.8) is 0 Å². The molecule has 0 aliphatic carbocycles. The Morgan fingerprint density at radius 2 is 1.81 bits per heavy atom. The van der Waals surface area contributed by atoms with Crippen molar-refractivity contribution in [2.75, 3.05) is 5.32 Å². The Balaban J connectivity index is 1.61. The van der Waals surface area contributed by atoms with Crippen LogP contribution in [0.15, 0.2) is 65.8 Å². The summed E-state index contributed by atoms with van der Waals surface area (Å²) < 4.78 is 2.00. The van der Waals surface area contributed by atoms with Gasteiger partial charge in [-0.1, -0.05) is 48.2 Å². The summed E-state index contributed by atoms with van der Waals surface area (Å²) in [6, 6.07) is 19.8. The molecule has 0 unspecified atom stereocenters. The first-order valence-electron chi connectivity index (χ1n) is 8.39. The highest BCUT2D eigenvalue weighted by Crippen LogP contribution is 2.27. The first kappa shape index (κ1) is 16.6. The molecule has 0 fully saturated rings. The van der Waals surface area contributed by atoms with E-state index in [4.69, 9.17) is 0 Å². The van der Waals surface area contributed by atoms with E-state index in [1.807, 2.05) is 72.8 Å². The van der Waals surface area contributed by atoms with Gasteiger partial charge >= 0.3 is 0 Å². The number of nitrogens with one attached hydrogen (secondary N) is 1. The van der Waals surface area contributed by atoms with Crippen molar-refractivity contribution in [1.82, 2.24) is 14.6 Å². The van der Waals surface area contributed by atoms with Crippen molar-refractivity contribution in [3.8, 4) is 0 Å². The summed E-state index contributed by atoms with van der Waals surface area (Å²) in [6.45, 7) is 3.86. The Kier molecular flexibility index (Phi) is 4.34. The number of anilines is 1. The van der Waals surface area contributed by atoms with Gasteiger partial charge in [0, 0.05) is 5.69 Å². The number of hydrogen-bond acceptors (Lipinski definition) is 4. The SMILES string of the molecule is Cc1ccccc1NC(=O)[C@H](C)Sc1nnc2ccc3ccccc3n12. The molecule has 0 bridgehead atoms. The lowest BCUT2D eigenvalue weighted by atomic mass is 10.2. The molecule has 0 spiro atoms. The first-order chi connectivity index (χ1) is 12.6. The third-order valence-corrected chi connectivity index (χ3v) is 5.35. The molecule has 0 aliphatic rings. The van der Waals surface area contributed by atoms with Crippen LogP contribution < -0.4 is 5.32 Å². The molecule has 0 radical (unpaired) electrons. The molecule has 1 N–H and O–H groups in total. The molecule has 2 aromatic carbocycles. The lowest BCUT2D eigenvalue weighted by Crippen LogP contribution is -2.23. The average molecular weight is 362 g/mol. The highest BCUT2D eigenvalue weighted by molar-refractivity contribution is 8.00. The fourth-order valence-corrected chi connectivity index (χ4v) is 3.72. The Morgan fingerprint density at radius 3 is 2.65 bits per heavy atom. The smallest absolute Gasteiger partial charge is 0.237 e. The van der Waals surface area contributed by atoms with Gasteiger partial charge in [0.25, 0.3) is 0 Å². The molecule has 2 aromatic heterocycles. The molecule has 2 heterocycles. The zero-order valence-electron chi connectivity index (χ0n) is 14.5. The summed E-state index contributed by atoms with van der Waals surface area (Å²) in [5.41, 5.74) is 3.68. The number of pyridine rings is 1. The lowest BCUT2D eigenvalue weighted by molar-refractivity contribution is -0.115. The van der Waals surface area contributed by atoms with Crippen molar-refractivity contribution in [2.45, 2.75) is 24.3 Å². The van der Waals surface area contributed by atoms with Gasteiger partial charge in [0.2, 0.25) is 5.91 Å². The topological polar surface area (TPSA) is 59.3 Å². The van der Waals surface area contributed by atoms with E-state index in [9.17, 15) is 4.79 Å². The van der Waals surface area contributed by atoms with E-state index in [2.05, 4.69) is 21.6 Å². The van der Waals surface area contributed by atoms with Crippen LogP contribution in [-0.4, -0.2) is 25.8 Å². The van der Waals surface area contributed by atoms with Gasteiger partial charge in [-0.3, -0.25) is 9.20 Å². The maximum absolute atomic E-state index is 12.6. The number of aryl methyl sites for hydroxylation is 1. The summed E-state index contributed by atoms with van der Waals surface area (Å²) in [5.74, 6) is -0.0544. The molecule has 26 heavy (non-hydrogen) atoms. The molecule has 1 amide bonds. The van der Waals surface area contributed by atoms with Crippen molar-refractivity contribution < 1.29 is 4.79 Å². The van der Waals surface area contributed by atoms with Gasteiger partial charge in [-0.2, -0.15) is 0 Å². The molecular weight excluding hydrogens is 344 g/mol. The molecule has 4 aromatic rings. The molecular formula is C20H18N4OS. The van der Waals surface area contributed by atoms with Crippen molar-refractivity contribution in [1.29, 1.82) is 0 Å². The number of amides is 1. The Morgan fingerprint density at radius 1 is 1.04 bits per heavy atom. The van der Waals surface area contributed by atoms with Crippen LogP contribution in [0.1, 0.15) is 12.5 Å². The van der Waals surface area contributed by atoms with Crippen molar-refractivity contribution in [2.24, 2.45) is 0 Å². The van der Waals surface area contributed by atoms with E-state index >= 15 is 0 Å². The lowest BCUT2D eigenvalue weighted by Gasteiger charge is -2.13. The zero-order chi connectivity index (χ0) is 18.1. The second kappa shape index (κ2) is 6.80. The maximum atomic E-state index is 12.6. The van der Waals surface area contributed by atoms with Crippen molar-refractivity contribution >= 4 is 39.9 Å². The van der Waals surface area contributed by atoms with Gasteiger partial charge in [-0.05, 0) is 49.1 Å². The van der Waals surface area contributed by atoms with Crippen molar-refractivity contribution in [3.05, 3.63) is 66.2 Å². The van der Waals surface area contributed by atoms with Crippen LogP contribution in [0.4, 0.5) is 5.69 Å². The fraction of sp³-hybridized carbons (Fsp3) is 0.150. The second-order valence-electron chi connectivity index (χ2n) is 6.13. The molecule has 1 atom stereocenters. The molecule has 5 nitrogen and oxygen atoms in total. The first-order valence-corrected chi connectivity index (χ1v) is 9.27. The van der Waals surface area contributed by atoms with E-state index in [-0.39, 0.29) is 11.2 Å². The van der Waals surface area contributed by atoms with Crippen LogP contribution >= 0.6 is 11.8 Å². The Bertz CT molecular complexity index is 1110. The van der Waals surface area contributed by atoms with Crippen LogP contribution in [0.25, 0.3) is 16.6 Å². The molecule has 0 saturated carbocycles. The number of hydrogen-bond donors (Lipinski definition) is 1. The Hall–Kier alpha value is -2.86. The number of carbonyl (C=O) groups is 1. The standard InChI is InChI=1S/C20H18N4OS/c1-13-7-3-5-9-16(13)21-19(25)14(2)26-20-23-22-18-12-11-15-8-4-6-10-17(15)24(18)20/h3-12,14H,1-2H3,(H,21,25)/t14-/m0/s1. The van der Waals surface area contributed by atoms with Crippen LogP contribution in [0.2, 0.25) is 0 Å². The van der Waals surface area contributed by atoms with Gasteiger partial charge in [-0.25, -0.2) is 0 Å². The largest absolute Gasteiger partial charge is 0.325 e. The van der Waals surface area contributed by atoms with Gasteiger partial charge < -0.3 is 5.32 Å². The third kappa shape index (κ3) is 3.04. The molecule has 4 rings (SSSR count). The van der Waals surface area contributed by atoms with E-state index < -0.39 is 0 Å². The van der Waals surface area contributed by atoms with E-state index in [0.717, 1.165) is 27.8 Å². The van der Waals surface area contributed by atoms with Gasteiger partial charge in [0.05, 0.1) is 10.8 Å². The summed E-state index contributed by atoms with van der Waals surface area (Å²) in [4.78, 5) is 12.6. The minimum absolute atomic E-state index is 0.0544. The van der Waals surface area contributed by atoms with Gasteiger partial charge in [0.15, 0.2) is 10.8 Å². The van der Waals surface area contributed by atoms with Gasteiger partial charge in [0.1, 0.15) is 0 Å². The monoisotopic (exact) mass is 362 g/mol. The van der Waals surface area contributed by atoms with Crippen LogP contribution in [0.3, 0.4) is 0 Å². The predicted octanol–water partition coefficient (Wildman–Crippen LogP) is 4.31. The maximum Gasteiger partial charge on any atom is 0.237 e. The normalized spacial score (nSPS) is 12.4. The number of nitrogens with zero attached hydrogens (tertiary/aromatic N) is 3. The molecule has 6 heteroatoms. The number of carbonyl (C=O) groups excluding carboxylic acids is 1. The summed E-state index contributed by atoms with van der Waals surface area (Å²) in [6.07, 6.45) is 0. The van der Waals surface area contributed by atoms with Crippen LogP contribution in [0.5, 0.6) is 0 Å². The summed E-state index contributed by atoms with van der Waals surface area (Å²) in [5, 5.41) is 13.0. The predicted molar refractivity (Wildman–Crippen MR) is 106 cm³/mol. The molecule has 130 valence electrons. The number of para-hydroxylation sites is 2. The number of thioether (sulfide) groups is 1. The minimum Gasteiger partial charge on any atom is -0.325 e. The summed E-state index contributed by atoms with van der Waals surface area (Å²) in [7, 11) is 0. The number of fused-ring (bicyclic) bond motifs is 3. The molecule has 0 saturated heterocycles.